The van der Waals surface area contributed by atoms with Crippen LogP contribution < -0.4 is 5.32 Å². The fraction of sp³-hybridized carbons (Fsp3) is 0.667. The van der Waals surface area contributed by atoms with Crippen LogP contribution in [-0.2, 0) is 13.0 Å². The van der Waals surface area contributed by atoms with Crippen molar-refractivity contribution < 1.29 is 5.11 Å². The van der Waals surface area contributed by atoms with Crippen molar-refractivity contribution in [1.82, 2.24) is 5.32 Å². The van der Waals surface area contributed by atoms with E-state index in [2.05, 4.69) is 43.4 Å². The summed E-state index contributed by atoms with van der Waals surface area (Å²) >= 11 is 0. The van der Waals surface area contributed by atoms with Crippen LogP contribution in [0.5, 0.6) is 0 Å². The van der Waals surface area contributed by atoms with Gasteiger partial charge in [0, 0.05) is 12.6 Å². The molecular weight excluding hydrogens is 246 g/mol. The molecule has 0 saturated heterocycles. The molecule has 1 aliphatic carbocycles. The predicted octanol–water partition coefficient (Wildman–Crippen LogP) is 3.67. The number of nitrogens with one attached hydrogen (secondary N) is 1. The SMILES string of the molecule is CC(C)Cc1ccc(CNC2CCCCCC2O)cc1. The summed E-state index contributed by atoms with van der Waals surface area (Å²) in [5, 5.41) is 13.6. The summed E-state index contributed by atoms with van der Waals surface area (Å²) in [5.41, 5.74) is 2.73. The Morgan fingerprint density at radius 2 is 1.70 bits per heavy atom. The molecule has 0 heterocycles. The standard InChI is InChI=1S/C18H29NO/c1-14(2)12-15-8-10-16(11-9-15)13-19-17-6-4-3-5-7-18(17)20/h8-11,14,17-20H,3-7,12-13H2,1-2H3. The number of rotatable bonds is 5. The zero-order valence-electron chi connectivity index (χ0n) is 12.9. The lowest BCUT2D eigenvalue weighted by molar-refractivity contribution is 0.119. The van der Waals surface area contributed by atoms with Gasteiger partial charge in [-0.15, -0.1) is 0 Å². The zero-order chi connectivity index (χ0) is 14.4. The maximum absolute atomic E-state index is 10.1. The predicted molar refractivity (Wildman–Crippen MR) is 84.7 cm³/mol. The number of hydrogen-bond donors (Lipinski definition) is 2. The van der Waals surface area contributed by atoms with Crippen LogP contribution in [0.15, 0.2) is 24.3 Å². The van der Waals surface area contributed by atoms with Crippen molar-refractivity contribution in [3.05, 3.63) is 35.4 Å². The first-order chi connectivity index (χ1) is 9.65. The zero-order valence-corrected chi connectivity index (χ0v) is 12.9. The second-order valence-corrected chi connectivity index (χ2v) is 6.61. The fourth-order valence-electron chi connectivity index (χ4n) is 3.04. The van der Waals surface area contributed by atoms with Gasteiger partial charge < -0.3 is 10.4 Å². The summed E-state index contributed by atoms with van der Waals surface area (Å²) in [6.45, 7) is 5.37. The Morgan fingerprint density at radius 3 is 2.40 bits per heavy atom. The molecule has 2 rings (SSSR count). The van der Waals surface area contributed by atoms with Crippen molar-refractivity contribution in [2.75, 3.05) is 0 Å². The van der Waals surface area contributed by atoms with Crippen LogP contribution in [0, 0.1) is 5.92 Å². The highest BCUT2D eigenvalue weighted by molar-refractivity contribution is 5.22. The van der Waals surface area contributed by atoms with Crippen LogP contribution in [0.2, 0.25) is 0 Å². The number of aliphatic hydroxyl groups excluding tert-OH is 1. The Morgan fingerprint density at radius 1 is 1.05 bits per heavy atom. The van der Waals surface area contributed by atoms with E-state index in [0.717, 1.165) is 25.8 Å². The molecule has 20 heavy (non-hydrogen) atoms. The molecule has 0 aromatic heterocycles. The van der Waals surface area contributed by atoms with Crippen LogP contribution in [0.1, 0.15) is 57.1 Å². The summed E-state index contributed by atoms with van der Waals surface area (Å²) in [6, 6.07) is 9.18. The van der Waals surface area contributed by atoms with Crippen LogP contribution >= 0.6 is 0 Å². The van der Waals surface area contributed by atoms with Gasteiger partial charge in [0.05, 0.1) is 6.10 Å². The van der Waals surface area contributed by atoms with E-state index in [9.17, 15) is 5.11 Å². The summed E-state index contributed by atoms with van der Waals surface area (Å²) in [4.78, 5) is 0. The number of aliphatic hydroxyl groups is 1. The van der Waals surface area contributed by atoms with Gasteiger partial charge in [-0.25, -0.2) is 0 Å². The van der Waals surface area contributed by atoms with E-state index in [4.69, 9.17) is 0 Å². The molecule has 2 N–H and O–H groups in total. The molecule has 0 radical (unpaired) electrons. The highest BCUT2D eigenvalue weighted by atomic mass is 16.3. The van der Waals surface area contributed by atoms with Gasteiger partial charge in [0.1, 0.15) is 0 Å². The van der Waals surface area contributed by atoms with Crippen molar-refractivity contribution in [2.45, 2.75) is 71.1 Å². The topological polar surface area (TPSA) is 32.3 Å². The Kier molecular flexibility index (Phi) is 6.06. The second-order valence-electron chi connectivity index (χ2n) is 6.61. The van der Waals surface area contributed by atoms with Gasteiger partial charge in [0.25, 0.3) is 0 Å². The molecule has 0 spiro atoms. The molecular formula is C18H29NO. The molecule has 2 nitrogen and oxygen atoms in total. The minimum Gasteiger partial charge on any atom is -0.392 e. The second kappa shape index (κ2) is 7.80. The molecule has 0 amide bonds. The molecule has 112 valence electrons. The summed E-state index contributed by atoms with van der Waals surface area (Å²) in [5.74, 6) is 0.708. The lowest BCUT2D eigenvalue weighted by Gasteiger charge is -2.22. The molecule has 1 aromatic carbocycles. The first-order valence-corrected chi connectivity index (χ1v) is 8.14. The van der Waals surface area contributed by atoms with E-state index < -0.39 is 0 Å². The molecule has 1 aliphatic rings. The Labute approximate surface area is 123 Å². The van der Waals surface area contributed by atoms with E-state index in [1.807, 2.05) is 0 Å². The van der Waals surface area contributed by atoms with Crippen molar-refractivity contribution >= 4 is 0 Å². The minimum atomic E-state index is -0.169. The van der Waals surface area contributed by atoms with Gasteiger partial charge in [-0.1, -0.05) is 57.4 Å². The number of benzene rings is 1. The van der Waals surface area contributed by atoms with Gasteiger partial charge in [0.15, 0.2) is 0 Å². The summed E-state index contributed by atoms with van der Waals surface area (Å²) in [7, 11) is 0. The molecule has 0 bridgehead atoms. The third-order valence-electron chi connectivity index (χ3n) is 4.21. The fourth-order valence-corrected chi connectivity index (χ4v) is 3.04. The lowest BCUT2D eigenvalue weighted by Crippen LogP contribution is -2.38. The van der Waals surface area contributed by atoms with Crippen molar-refractivity contribution in [3.63, 3.8) is 0 Å². The average molecular weight is 275 g/mol. The van der Waals surface area contributed by atoms with Crippen LogP contribution in [-0.4, -0.2) is 17.3 Å². The Bertz CT molecular complexity index is 385. The van der Waals surface area contributed by atoms with Crippen molar-refractivity contribution in [1.29, 1.82) is 0 Å². The normalized spacial score (nSPS) is 23.8. The molecule has 2 unspecified atom stereocenters. The van der Waals surface area contributed by atoms with Crippen molar-refractivity contribution in [3.8, 4) is 0 Å². The van der Waals surface area contributed by atoms with Crippen LogP contribution in [0.25, 0.3) is 0 Å². The third-order valence-corrected chi connectivity index (χ3v) is 4.21. The Hall–Kier alpha value is -0.860. The van der Waals surface area contributed by atoms with E-state index in [0.29, 0.717) is 5.92 Å². The third kappa shape index (κ3) is 4.92. The average Bonchev–Trinajstić information content (AvgIpc) is 2.62. The largest absolute Gasteiger partial charge is 0.392 e. The molecule has 1 saturated carbocycles. The first-order valence-electron chi connectivity index (χ1n) is 8.14. The van der Waals surface area contributed by atoms with Gasteiger partial charge in [-0.2, -0.15) is 0 Å². The van der Waals surface area contributed by atoms with E-state index in [-0.39, 0.29) is 12.1 Å². The summed E-state index contributed by atoms with van der Waals surface area (Å²) in [6.07, 6.45) is 6.70. The van der Waals surface area contributed by atoms with Gasteiger partial charge >= 0.3 is 0 Å². The van der Waals surface area contributed by atoms with E-state index in [1.165, 1.54) is 30.4 Å². The highest BCUT2D eigenvalue weighted by Gasteiger charge is 2.20. The maximum Gasteiger partial charge on any atom is 0.0693 e. The summed E-state index contributed by atoms with van der Waals surface area (Å²) < 4.78 is 0. The molecule has 2 atom stereocenters. The van der Waals surface area contributed by atoms with Crippen molar-refractivity contribution in [2.24, 2.45) is 5.92 Å². The molecule has 0 aliphatic heterocycles. The smallest absolute Gasteiger partial charge is 0.0693 e. The lowest BCUT2D eigenvalue weighted by atomic mass is 10.0. The molecule has 2 heteroatoms. The van der Waals surface area contributed by atoms with E-state index in [1.54, 1.807) is 0 Å². The van der Waals surface area contributed by atoms with Crippen LogP contribution in [0.3, 0.4) is 0 Å². The first kappa shape index (κ1) is 15.5. The van der Waals surface area contributed by atoms with Gasteiger partial charge in [-0.3, -0.25) is 0 Å². The van der Waals surface area contributed by atoms with Gasteiger partial charge in [-0.05, 0) is 36.3 Å². The van der Waals surface area contributed by atoms with Crippen LogP contribution in [0.4, 0.5) is 0 Å². The minimum absolute atomic E-state index is 0.169. The van der Waals surface area contributed by atoms with Gasteiger partial charge in [0.2, 0.25) is 0 Å². The maximum atomic E-state index is 10.1. The quantitative estimate of drug-likeness (QED) is 0.804. The van der Waals surface area contributed by atoms with E-state index >= 15 is 0 Å². The monoisotopic (exact) mass is 275 g/mol. The molecule has 1 fully saturated rings. The molecule has 1 aromatic rings. The Balaban J connectivity index is 1.83. The number of hydrogen-bond acceptors (Lipinski definition) is 2. The highest BCUT2D eigenvalue weighted by Crippen LogP contribution is 2.18.